The van der Waals surface area contributed by atoms with Crippen molar-refractivity contribution in [2.75, 3.05) is 5.73 Å². The number of para-hydroxylation sites is 1. The lowest BCUT2D eigenvalue weighted by atomic mass is 10.0. The molecule has 4 aromatic rings. The van der Waals surface area contributed by atoms with Crippen molar-refractivity contribution in [3.8, 4) is 0 Å². The number of nitrogens with two attached hydrogens (primary N) is 1. The average molecular weight is 341 g/mol. The van der Waals surface area contributed by atoms with Crippen molar-refractivity contribution < 1.29 is 4.79 Å². The Labute approximate surface area is 151 Å². The van der Waals surface area contributed by atoms with Crippen LogP contribution in [0.1, 0.15) is 21.5 Å². The smallest absolute Gasteiger partial charge is 0.167 e. The molecule has 0 amide bonds. The number of nitrogens with zero attached hydrogens (tertiary/aromatic N) is 2. The van der Waals surface area contributed by atoms with Crippen molar-refractivity contribution in [3.05, 3.63) is 95.8 Å². The van der Waals surface area contributed by atoms with E-state index in [1.54, 1.807) is 6.20 Å². The molecule has 2 aromatic carbocycles. The largest absolute Gasteiger partial charge is 0.398 e. The third kappa shape index (κ3) is 3.22. The van der Waals surface area contributed by atoms with Crippen LogP contribution in [0.15, 0.2) is 79.1 Å². The van der Waals surface area contributed by atoms with Gasteiger partial charge in [0.1, 0.15) is 0 Å². The Morgan fingerprint density at radius 3 is 2.58 bits per heavy atom. The average Bonchev–Trinajstić information content (AvgIpc) is 3.07. The number of aromatic nitrogens is 2. The Morgan fingerprint density at radius 2 is 1.77 bits per heavy atom. The van der Waals surface area contributed by atoms with Crippen molar-refractivity contribution in [1.82, 2.24) is 9.55 Å². The molecule has 2 heterocycles. The highest BCUT2D eigenvalue weighted by atomic mass is 16.1. The summed E-state index contributed by atoms with van der Waals surface area (Å²) in [4.78, 5) is 16.9. The number of ketones is 1. The standard InChI is InChI=1S/C22H19N3O/c23-19-5-2-1-4-18(19)14-22(26)17-9-7-16(8-10-17)15-25-13-11-20-21(25)6-3-12-24-20/h1-13H,14-15,23H2. The van der Waals surface area contributed by atoms with Gasteiger partial charge in [-0.1, -0.05) is 42.5 Å². The van der Waals surface area contributed by atoms with Crippen LogP contribution in [0.25, 0.3) is 11.0 Å². The number of hydrogen-bond acceptors (Lipinski definition) is 3. The summed E-state index contributed by atoms with van der Waals surface area (Å²) in [6.07, 6.45) is 4.15. The van der Waals surface area contributed by atoms with Crippen LogP contribution in [0.4, 0.5) is 5.69 Å². The van der Waals surface area contributed by atoms with Gasteiger partial charge in [-0.15, -0.1) is 0 Å². The lowest BCUT2D eigenvalue weighted by Gasteiger charge is -2.08. The first-order valence-electron chi connectivity index (χ1n) is 8.56. The molecule has 4 rings (SSSR count). The molecule has 26 heavy (non-hydrogen) atoms. The van der Waals surface area contributed by atoms with Crippen LogP contribution >= 0.6 is 0 Å². The number of carbonyl (C=O) groups excluding carboxylic acids is 1. The summed E-state index contributed by atoms with van der Waals surface area (Å²) in [6.45, 7) is 0.745. The van der Waals surface area contributed by atoms with E-state index in [1.165, 1.54) is 0 Å². The zero-order valence-electron chi connectivity index (χ0n) is 14.3. The molecule has 0 atom stereocenters. The van der Waals surface area contributed by atoms with E-state index < -0.39 is 0 Å². The fraction of sp³-hybridized carbons (Fsp3) is 0.0909. The second-order valence-electron chi connectivity index (χ2n) is 6.35. The van der Waals surface area contributed by atoms with Crippen molar-refractivity contribution in [3.63, 3.8) is 0 Å². The molecule has 0 unspecified atom stereocenters. The Bertz CT molecular complexity index is 1060. The maximum absolute atomic E-state index is 12.5. The molecule has 0 radical (unpaired) electrons. The molecule has 0 aliphatic heterocycles. The number of benzene rings is 2. The van der Waals surface area contributed by atoms with Gasteiger partial charge in [0.2, 0.25) is 0 Å². The molecule has 0 fully saturated rings. The summed E-state index contributed by atoms with van der Waals surface area (Å²) in [5.74, 6) is 0.0741. The van der Waals surface area contributed by atoms with E-state index in [-0.39, 0.29) is 5.78 Å². The summed E-state index contributed by atoms with van der Waals surface area (Å²) >= 11 is 0. The van der Waals surface area contributed by atoms with Crippen LogP contribution in [0.5, 0.6) is 0 Å². The van der Waals surface area contributed by atoms with Crippen molar-refractivity contribution in [2.45, 2.75) is 13.0 Å². The fourth-order valence-electron chi connectivity index (χ4n) is 3.12. The molecule has 2 N–H and O–H groups in total. The van der Waals surface area contributed by atoms with E-state index in [0.29, 0.717) is 17.7 Å². The number of fused-ring (bicyclic) bond motifs is 1. The van der Waals surface area contributed by atoms with Crippen LogP contribution in [0, 0.1) is 0 Å². The highest BCUT2D eigenvalue weighted by Crippen LogP contribution is 2.17. The highest BCUT2D eigenvalue weighted by Gasteiger charge is 2.09. The normalized spacial score (nSPS) is 10.9. The summed E-state index contributed by atoms with van der Waals surface area (Å²) < 4.78 is 2.16. The van der Waals surface area contributed by atoms with Gasteiger partial charge in [-0.2, -0.15) is 0 Å². The van der Waals surface area contributed by atoms with E-state index in [1.807, 2.05) is 66.9 Å². The summed E-state index contributed by atoms with van der Waals surface area (Å²) in [6, 6.07) is 21.3. The van der Waals surface area contributed by atoms with Crippen LogP contribution in [-0.2, 0) is 13.0 Å². The van der Waals surface area contributed by atoms with Crippen molar-refractivity contribution in [2.24, 2.45) is 0 Å². The Hall–Kier alpha value is -3.40. The molecule has 2 aromatic heterocycles. The second kappa shape index (κ2) is 6.84. The molecule has 0 spiro atoms. The first kappa shape index (κ1) is 16.1. The molecule has 4 nitrogen and oxygen atoms in total. The monoisotopic (exact) mass is 341 g/mol. The maximum Gasteiger partial charge on any atom is 0.167 e. The molecule has 0 aliphatic carbocycles. The molecule has 0 aliphatic rings. The molecular weight excluding hydrogens is 322 g/mol. The SMILES string of the molecule is Nc1ccccc1CC(=O)c1ccc(Cn2ccc3ncccc32)cc1. The zero-order valence-corrected chi connectivity index (χ0v) is 14.3. The van der Waals surface area contributed by atoms with E-state index >= 15 is 0 Å². The van der Waals surface area contributed by atoms with E-state index in [9.17, 15) is 4.79 Å². The Balaban J connectivity index is 1.50. The summed E-state index contributed by atoms with van der Waals surface area (Å²) in [5.41, 5.74) is 11.4. The van der Waals surface area contributed by atoms with Gasteiger partial charge in [-0.3, -0.25) is 9.78 Å². The van der Waals surface area contributed by atoms with Crippen LogP contribution in [-0.4, -0.2) is 15.3 Å². The first-order valence-corrected chi connectivity index (χ1v) is 8.56. The second-order valence-corrected chi connectivity index (χ2v) is 6.35. The number of nitrogen functional groups attached to an aromatic ring is 1. The van der Waals surface area contributed by atoms with E-state index in [2.05, 4.69) is 15.6 Å². The third-order valence-electron chi connectivity index (χ3n) is 4.57. The minimum absolute atomic E-state index is 0.0741. The molecule has 0 bridgehead atoms. The minimum atomic E-state index is 0.0741. The van der Waals surface area contributed by atoms with Crippen LogP contribution < -0.4 is 5.73 Å². The fourth-order valence-corrected chi connectivity index (χ4v) is 3.12. The number of carbonyl (C=O) groups is 1. The van der Waals surface area contributed by atoms with Gasteiger partial charge < -0.3 is 10.3 Å². The van der Waals surface area contributed by atoms with Crippen LogP contribution in [0.2, 0.25) is 0 Å². The lowest BCUT2D eigenvalue weighted by molar-refractivity contribution is 0.0993. The van der Waals surface area contributed by atoms with Crippen molar-refractivity contribution in [1.29, 1.82) is 0 Å². The van der Waals surface area contributed by atoms with Gasteiger partial charge in [0.25, 0.3) is 0 Å². The molecule has 128 valence electrons. The van der Waals surface area contributed by atoms with Gasteiger partial charge in [0.05, 0.1) is 11.0 Å². The van der Waals surface area contributed by atoms with Gasteiger partial charge in [-0.25, -0.2) is 0 Å². The number of anilines is 1. The van der Waals surface area contributed by atoms with Gasteiger partial charge >= 0.3 is 0 Å². The molecular formula is C22H19N3O. The highest BCUT2D eigenvalue weighted by molar-refractivity contribution is 5.98. The topological polar surface area (TPSA) is 60.9 Å². The van der Waals surface area contributed by atoms with Crippen LogP contribution in [0.3, 0.4) is 0 Å². The quantitative estimate of drug-likeness (QED) is 0.439. The summed E-state index contributed by atoms with van der Waals surface area (Å²) in [7, 11) is 0. The maximum atomic E-state index is 12.5. The van der Waals surface area contributed by atoms with E-state index in [4.69, 9.17) is 5.73 Å². The third-order valence-corrected chi connectivity index (χ3v) is 4.57. The van der Waals surface area contributed by atoms with Gasteiger partial charge in [0, 0.05) is 36.6 Å². The zero-order chi connectivity index (χ0) is 17.9. The number of hydrogen-bond donors (Lipinski definition) is 1. The Morgan fingerprint density at radius 1 is 0.962 bits per heavy atom. The van der Waals surface area contributed by atoms with E-state index in [0.717, 1.165) is 28.7 Å². The minimum Gasteiger partial charge on any atom is -0.398 e. The van der Waals surface area contributed by atoms with Crippen molar-refractivity contribution >= 4 is 22.5 Å². The number of pyridine rings is 1. The summed E-state index contributed by atoms with van der Waals surface area (Å²) in [5, 5.41) is 0. The first-order chi connectivity index (χ1) is 12.7. The molecule has 0 saturated carbocycles. The Kier molecular flexibility index (Phi) is 4.23. The van der Waals surface area contributed by atoms with Gasteiger partial charge in [0.15, 0.2) is 5.78 Å². The molecule has 4 heteroatoms. The van der Waals surface area contributed by atoms with Gasteiger partial charge in [-0.05, 0) is 35.4 Å². The molecule has 0 saturated heterocycles. The predicted molar refractivity (Wildman–Crippen MR) is 104 cm³/mol. The number of rotatable bonds is 5. The number of Topliss-reactive ketones (excluding diaryl/α,β-unsaturated/α-hetero) is 1. The predicted octanol–water partition coefficient (Wildman–Crippen LogP) is 4.09. The lowest BCUT2D eigenvalue weighted by Crippen LogP contribution is -2.06.